The molecule has 0 unspecified atom stereocenters. The second kappa shape index (κ2) is 9.53. The minimum absolute atomic E-state index is 0.125. The van der Waals surface area contributed by atoms with Crippen molar-refractivity contribution in [2.24, 2.45) is 5.10 Å². The molecule has 0 fully saturated rings. The highest BCUT2D eigenvalue weighted by Crippen LogP contribution is 2.36. The lowest BCUT2D eigenvalue weighted by Gasteiger charge is -2.10. The third-order valence-electron chi connectivity index (χ3n) is 4.72. The van der Waals surface area contributed by atoms with Crippen LogP contribution in [0.25, 0.3) is 17.1 Å². The average molecular weight is 459 g/mol. The van der Waals surface area contributed by atoms with E-state index in [1.165, 1.54) is 11.8 Å². The molecule has 5 rings (SSSR count). The summed E-state index contributed by atoms with van der Waals surface area (Å²) in [6.45, 7) is 0.198. The smallest absolute Gasteiger partial charge is 0.250 e. The molecule has 0 saturated heterocycles. The number of benzene rings is 2. The number of rotatable bonds is 7. The van der Waals surface area contributed by atoms with E-state index in [2.05, 4.69) is 25.7 Å². The predicted molar refractivity (Wildman–Crippen MR) is 124 cm³/mol. The quantitative estimate of drug-likeness (QED) is 0.257. The molecule has 2 aromatic heterocycles. The summed E-state index contributed by atoms with van der Waals surface area (Å²) in [4.78, 5) is 16.3. The molecule has 10 heteroatoms. The highest BCUT2D eigenvalue weighted by Gasteiger charge is 2.20. The Hall–Kier alpha value is -4.18. The van der Waals surface area contributed by atoms with Crippen LogP contribution in [0, 0.1) is 0 Å². The Bertz CT molecular complexity index is 1290. The van der Waals surface area contributed by atoms with E-state index in [9.17, 15) is 4.79 Å². The van der Waals surface area contributed by atoms with Gasteiger partial charge >= 0.3 is 0 Å². The van der Waals surface area contributed by atoms with Crippen LogP contribution < -0.4 is 14.9 Å². The van der Waals surface area contributed by atoms with Gasteiger partial charge in [-0.05, 0) is 48.0 Å². The summed E-state index contributed by atoms with van der Waals surface area (Å²) >= 11 is 1.27. The molecule has 1 aliphatic heterocycles. The second-order valence-corrected chi connectivity index (χ2v) is 7.85. The summed E-state index contributed by atoms with van der Waals surface area (Å²) < 4.78 is 12.8. The highest BCUT2D eigenvalue weighted by atomic mass is 32.2. The van der Waals surface area contributed by atoms with Crippen molar-refractivity contribution < 1.29 is 14.3 Å². The fourth-order valence-corrected chi connectivity index (χ4v) is 3.93. The first-order valence-electron chi connectivity index (χ1n) is 10.0. The van der Waals surface area contributed by atoms with E-state index in [0.717, 1.165) is 16.8 Å². The van der Waals surface area contributed by atoms with E-state index in [4.69, 9.17) is 9.47 Å². The van der Waals surface area contributed by atoms with Crippen LogP contribution in [0.3, 0.4) is 0 Å². The summed E-state index contributed by atoms with van der Waals surface area (Å²) in [6.07, 6.45) is 4.88. The number of carbonyl (C=O) groups excluding carboxylic acids is 1. The Labute approximate surface area is 193 Å². The molecule has 9 nitrogen and oxygen atoms in total. The molecule has 1 N–H and O–H groups in total. The van der Waals surface area contributed by atoms with Crippen LogP contribution in [-0.4, -0.2) is 44.4 Å². The number of thioether (sulfide) groups is 1. The summed E-state index contributed by atoms with van der Waals surface area (Å²) in [6, 6.07) is 19.0. The molecule has 2 aromatic carbocycles. The first-order chi connectivity index (χ1) is 16.3. The summed E-state index contributed by atoms with van der Waals surface area (Å²) in [5.41, 5.74) is 5.08. The Morgan fingerprint density at radius 2 is 1.88 bits per heavy atom. The number of hydrogen-bond donors (Lipinski definition) is 1. The molecule has 1 aliphatic rings. The Morgan fingerprint density at radius 3 is 2.73 bits per heavy atom. The maximum atomic E-state index is 12.3. The van der Waals surface area contributed by atoms with Crippen molar-refractivity contribution in [3.63, 3.8) is 0 Å². The minimum atomic E-state index is -0.252. The number of nitrogens with zero attached hydrogens (tertiary/aromatic N) is 5. The van der Waals surface area contributed by atoms with Crippen molar-refractivity contribution in [3.05, 3.63) is 78.6 Å². The van der Waals surface area contributed by atoms with E-state index < -0.39 is 0 Å². The minimum Gasteiger partial charge on any atom is -0.454 e. The van der Waals surface area contributed by atoms with Gasteiger partial charge < -0.3 is 9.47 Å². The number of ether oxygens (including phenoxy) is 2. The topological polar surface area (TPSA) is 104 Å². The fourth-order valence-electron chi connectivity index (χ4n) is 3.19. The van der Waals surface area contributed by atoms with Crippen LogP contribution in [0.4, 0.5) is 0 Å². The molecule has 0 atom stereocenters. The maximum Gasteiger partial charge on any atom is 0.250 e. The van der Waals surface area contributed by atoms with E-state index in [1.54, 1.807) is 30.7 Å². The molecular weight excluding hydrogens is 440 g/mol. The van der Waals surface area contributed by atoms with Crippen molar-refractivity contribution in [2.75, 3.05) is 12.5 Å². The number of nitrogens with one attached hydrogen (secondary N) is 1. The van der Waals surface area contributed by atoms with E-state index >= 15 is 0 Å². The van der Waals surface area contributed by atoms with Crippen molar-refractivity contribution in [3.8, 4) is 28.6 Å². The van der Waals surface area contributed by atoms with Crippen LogP contribution in [0.15, 0.2) is 83.3 Å². The van der Waals surface area contributed by atoms with Gasteiger partial charge in [0.25, 0.3) is 5.91 Å². The third kappa shape index (κ3) is 4.70. The molecule has 0 bridgehead atoms. The molecule has 3 heterocycles. The number of fused-ring (bicyclic) bond motifs is 1. The number of hydrogen-bond acceptors (Lipinski definition) is 8. The lowest BCUT2D eigenvalue weighted by molar-refractivity contribution is -0.118. The van der Waals surface area contributed by atoms with E-state index in [-0.39, 0.29) is 18.5 Å². The zero-order valence-electron chi connectivity index (χ0n) is 17.3. The van der Waals surface area contributed by atoms with Crippen LogP contribution in [0.2, 0.25) is 0 Å². The zero-order valence-corrected chi connectivity index (χ0v) is 18.1. The maximum absolute atomic E-state index is 12.3. The number of aromatic nitrogens is 4. The van der Waals surface area contributed by atoms with Gasteiger partial charge in [-0.15, -0.1) is 10.2 Å². The lowest BCUT2D eigenvalue weighted by atomic mass is 10.2. The monoisotopic (exact) mass is 458 g/mol. The average Bonchev–Trinajstić information content (AvgIpc) is 3.50. The van der Waals surface area contributed by atoms with Gasteiger partial charge in [0.1, 0.15) is 0 Å². The van der Waals surface area contributed by atoms with Gasteiger partial charge in [-0.2, -0.15) is 5.10 Å². The molecule has 0 saturated carbocycles. The number of para-hydroxylation sites is 1. The molecule has 0 spiro atoms. The number of pyridine rings is 1. The molecule has 0 radical (unpaired) electrons. The lowest BCUT2D eigenvalue weighted by Crippen LogP contribution is -2.20. The Morgan fingerprint density at radius 1 is 1.06 bits per heavy atom. The van der Waals surface area contributed by atoms with Gasteiger partial charge in [0.15, 0.2) is 22.5 Å². The van der Waals surface area contributed by atoms with Gasteiger partial charge in [-0.1, -0.05) is 30.0 Å². The molecular formula is C23H18N6O3S. The normalized spacial score (nSPS) is 12.2. The molecule has 4 aromatic rings. The van der Waals surface area contributed by atoms with Gasteiger partial charge in [-0.3, -0.25) is 14.3 Å². The molecule has 0 aliphatic carbocycles. The molecule has 164 valence electrons. The van der Waals surface area contributed by atoms with Gasteiger partial charge in [0.2, 0.25) is 6.79 Å². The third-order valence-corrected chi connectivity index (χ3v) is 5.65. The van der Waals surface area contributed by atoms with E-state index in [0.29, 0.717) is 22.5 Å². The van der Waals surface area contributed by atoms with Crippen molar-refractivity contribution in [1.29, 1.82) is 0 Å². The van der Waals surface area contributed by atoms with Crippen LogP contribution >= 0.6 is 11.8 Å². The Balaban J connectivity index is 1.35. The molecule has 33 heavy (non-hydrogen) atoms. The highest BCUT2D eigenvalue weighted by molar-refractivity contribution is 7.99. The van der Waals surface area contributed by atoms with Crippen molar-refractivity contribution in [2.45, 2.75) is 5.16 Å². The number of hydrazone groups is 1. The predicted octanol–water partition coefficient (Wildman–Crippen LogP) is 3.30. The van der Waals surface area contributed by atoms with Crippen molar-refractivity contribution >= 4 is 23.9 Å². The summed E-state index contributed by atoms with van der Waals surface area (Å²) in [7, 11) is 0. The zero-order chi connectivity index (χ0) is 22.5. The van der Waals surface area contributed by atoms with Gasteiger partial charge in [0, 0.05) is 23.6 Å². The van der Waals surface area contributed by atoms with Crippen LogP contribution in [0.5, 0.6) is 11.5 Å². The van der Waals surface area contributed by atoms with E-state index in [1.807, 2.05) is 53.1 Å². The van der Waals surface area contributed by atoms with Gasteiger partial charge in [0.05, 0.1) is 12.0 Å². The van der Waals surface area contributed by atoms with Gasteiger partial charge in [-0.25, -0.2) is 5.43 Å². The summed E-state index contributed by atoms with van der Waals surface area (Å²) in [5, 5.41) is 13.3. The number of carbonyl (C=O) groups is 1. The van der Waals surface area contributed by atoms with Crippen LogP contribution in [0.1, 0.15) is 5.56 Å². The first-order valence-corrected chi connectivity index (χ1v) is 11.0. The fraction of sp³-hybridized carbons (Fsp3) is 0.0870. The standard InChI is InChI=1S/C23H18N6O3S/c30-21(26-25-13-16-8-10-24-11-9-16)14-33-23-28-27-22(29(23)18-4-2-1-3-5-18)17-6-7-19-20(12-17)32-15-31-19/h1-13H,14-15H2,(H,26,30)/b25-13+. The van der Waals surface area contributed by atoms with Crippen molar-refractivity contribution in [1.82, 2.24) is 25.2 Å². The first kappa shape index (κ1) is 20.7. The largest absolute Gasteiger partial charge is 0.454 e. The molecule has 1 amide bonds. The summed E-state index contributed by atoms with van der Waals surface area (Å²) in [5.74, 6) is 1.87. The van der Waals surface area contributed by atoms with Crippen LogP contribution in [-0.2, 0) is 4.79 Å². The second-order valence-electron chi connectivity index (χ2n) is 6.91. The Kier molecular flexibility index (Phi) is 5.98. The number of amides is 1. The SMILES string of the molecule is O=C(CSc1nnc(-c2ccc3c(c2)OCO3)n1-c1ccccc1)N/N=C/c1ccncc1.